The third-order valence-electron chi connectivity index (χ3n) is 3.59. The van der Waals surface area contributed by atoms with Crippen LogP contribution in [0.25, 0.3) is 0 Å². The van der Waals surface area contributed by atoms with Crippen molar-refractivity contribution < 1.29 is 14.3 Å². The average molecular weight is 306 g/mol. The van der Waals surface area contributed by atoms with Crippen LogP contribution in [0.4, 0.5) is 4.79 Å². The molecule has 0 bridgehead atoms. The normalized spacial score (nSPS) is 19.0. The molecule has 2 N–H and O–H groups in total. The minimum Gasteiger partial charge on any atom is -0.491 e. The highest BCUT2D eigenvalue weighted by molar-refractivity contribution is 5.74. The lowest BCUT2D eigenvalue weighted by molar-refractivity contribution is 0.111. The Kier molecular flexibility index (Phi) is 6.07. The molecule has 2 amide bonds. The van der Waals surface area contributed by atoms with Crippen LogP contribution in [-0.2, 0) is 4.74 Å². The Morgan fingerprint density at radius 2 is 2.23 bits per heavy atom. The topological polar surface area (TPSA) is 59.6 Å². The zero-order chi connectivity index (χ0) is 15.9. The molecule has 1 aliphatic rings. The van der Waals surface area contributed by atoms with Gasteiger partial charge in [0.15, 0.2) is 0 Å². The molecule has 22 heavy (non-hydrogen) atoms. The van der Waals surface area contributed by atoms with Gasteiger partial charge >= 0.3 is 6.03 Å². The third kappa shape index (κ3) is 5.22. The van der Waals surface area contributed by atoms with Crippen LogP contribution in [0.3, 0.4) is 0 Å². The molecule has 0 saturated carbocycles. The number of hydrogen-bond acceptors (Lipinski definition) is 3. The molecule has 1 heterocycles. The van der Waals surface area contributed by atoms with Gasteiger partial charge in [-0.1, -0.05) is 12.1 Å². The van der Waals surface area contributed by atoms with Gasteiger partial charge in [0, 0.05) is 13.2 Å². The van der Waals surface area contributed by atoms with Crippen LogP contribution < -0.4 is 15.4 Å². The summed E-state index contributed by atoms with van der Waals surface area (Å²) in [7, 11) is 0. The molecule has 1 aromatic carbocycles. The number of amides is 2. The van der Waals surface area contributed by atoms with Crippen LogP contribution in [0.5, 0.6) is 5.75 Å². The van der Waals surface area contributed by atoms with Crippen LogP contribution in [0.15, 0.2) is 24.3 Å². The van der Waals surface area contributed by atoms with E-state index in [1.54, 1.807) is 0 Å². The molecule has 2 atom stereocenters. The Bertz CT molecular complexity index is 485. The number of carbonyl (C=O) groups excluding carboxylic acids is 1. The summed E-state index contributed by atoms with van der Waals surface area (Å²) in [5.74, 6) is 0.820. The fraction of sp³-hybridized carbons (Fsp3) is 0.588. The number of urea groups is 1. The van der Waals surface area contributed by atoms with Gasteiger partial charge in [0.05, 0.1) is 18.2 Å². The van der Waals surface area contributed by atoms with Gasteiger partial charge in [-0.2, -0.15) is 0 Å². The largest absolute Gasteiger partial charge is 0.491 e. The lowest BCUT2D eigenvalue weighted by Crippen LogP contribution is -2.40. The smallest absolute Gasteiger partial charge is 0.315 e. The second-order valence-electron chi connectivity index (χ2n) is 5.95. The van der Waals surface area contributed by atoms with E-state index in [0.717, 1.165) is 30.8 Å². The zero-order valence-electron chi connectivity index (χ0n) is 13.6. The van der Waals surface area contributed by atoms with E-state index in [1.807, 2.05) is 45.0 Å². The van der Waals surface area contributed by atoms with Crippen molar-refractivity contribution in [1.29, 1.82) is 0 Å². The van der Waals surface area contributed by atoms with Crippen molar-refractivity contribution in [2.45, 2.75) is 51.9 Å². The van der Waals surface area contributed by atoms with Gasteiger partial charge in [0.1, 0.15) is 5.75 Å². The molecule has 0 aliphatic carbocycles. The Hall–Kier alpha value is -1.75. The molecular formula is C17H26N2O3. The molecule has 1 aliphatic heterocycles. The summed E-state index contributed by atoms with van der Waals surface area (Å²) in [5, 5.41) is 5.81. The van der Waals surface area contributed by atoms with Gasteiger partial charge in [0.2, 0.25) is 0 Å². The molecule has 0 spiro atoms. The van der Waals surface area contributed by atoms with Gasteiger partial charge in [0.25, 0.3) is 0 Å². The number of benzene rings is 1. The van der Waals surface area contributed by atoms with Crippen LogP contribution in [0.1, 0.15) is 45.2 Å². The van der Waals surface area contributed by atoms with E-state index >= 15 is 0 Å². The predicted octanol–water partition coefficient (Wildman–Crippen LogP) is 3.01. The van der Waals surface area contributed by atoms with Crippen LogP contribution in [-0.4, -0.2) is 31.4 Å². The maximum Gasteiger partial charge on any atom is 0.315 e. The van der Waals surface area contributed by atoms with Crippen molar-refractivity contribution in [2.75, 3.05) is 13.2 Å². The van der Waals surface area contributed by atoms with Gasteiger partial charge in [-0.25, -0.2) is 4.79 Å². The van der Waals surface area contributed by atoms with E-state index in [0.29, 0.717) is 6.54 Å². The van der Waals surface area contributed by atoms with Crippen molar-refractivity contribution in [3.8, 4) is 5.75 Å². The molecule has 0 aromatic heterocycles. The molecule has 1 aromatic rings. The molecule has 2 unspecified atom stereocenters. The van der Waals surface area contributed by atoms with Crippen molar-refractivity contribution in [3.05, 3.63) is 29.8 Å². The van der Waals surface area contributed by atoms with Crippen LogP contribution in [0, 0.1) is 0 Å². The van der Waals surface area contributed by atoms with Crippen LogP contribution >= 0.6 is 0 Å². The molecule has 1 fully saturated rings. The highest BCUT2D eigenvalue weighted by Crippen LogP contribution is 2.20. The number of hydrogen-bond donors (Lipinski definition) is 2. The van der Waals surface area contributed by atoms with E-state index in [9.17, 15) is 4.79 Å². The minimum absolute atomic E-state index is 0.0831. The number of carbonyl (C=O) groups is 1. The van der Waals surface area contributed by atoms with Gasteiger partial charge in [-0.15, -0.1) is 0 Å². The molecule has 5 heteroatoms. The summed E-state index contributed by atoms with van der Waals surface area (Å²) in [6.07, 6.45) is 2.38. The van der Waals surface area contributed by atoms with Crippen molar-refractivity contribution in [2.24, 2.45) is 0 Å². The van der Waals surface area contributed by atoms with E-state index in [4.69, 9.17) is 9.47 Å². The highest BCUT2D eigenvalue weighted by Gasteiger charge is 2.17. The standard InChI is InChI=1S/C17H26N2O3/c1-12(2)22-15-7-4-6-14(10-15)13(3)19-17(20)18-11-16-8-5-9-21-16/h4,6-7,10,12-13,16H,5,8-9,11H2,1-3H3,(H2,18,19,20). The lowest BCUT2D eigenvalue weighted by atomic mass is 10.1. The Balaban J connectivity index is 1.82. The summed E-state index contributed by atoms with van der Waals surface area (Å²) in [6.45, 7) is 7.31. The summed E-state index contributed by atoms with van der Waals surface area (Å²) in [5.41, 5.74) is 1.02. The van der Waals surface area contributed by atoms with Crippen molar-refractivity contribution >= 4 is 6.03 Å². The summed E-state index contributed by atoms with van der Waals surface area (Å²) in [6, 6.07) is 7.56. The maximum absolute atomic E-state index is 11.9. The number of nitrogens with one attached hydrogen (secondary N) is 2. The first-order valence-corrected chi connectivity index (χ1v) is 7.97. The SMILES string of the molecule is CC(C)Oc1cccc(C(C)NC(=O)NCC2CCCO2)c1. The second-order valence-corrected chi connectivity index (χ2v) is 5.95. The van der Waals surface area contributed by atoms with Gasteiger partial charge in [-0.05, 0) is 51.3 Å². The third-order valence-corrected chi connectivity index (χ3v) is 3.59. The first kappa shape index (κ1) is 16.6. The monoisotopic (exact) mass is 306 g/mol. The van der Waals surface area contributed by atoms with Gasteiger partial charge in [-0.3, -0.25) is 0 Å². The van der Waals surface area contributed by atoms with E-state index in [-0.39, 0.29) is 24.3 Å². The molecule has 122 valence electrons. The average Bonchev–Trinajstić information content (AvgIpc) is 2.98. The molecule has 5 nitrogen and oxygen atoms in total. The van der Waals surface area contributed by atoms with E-state index in [1.165, 1.54) is 0 Å². The van der Waals surface area contributed by atoms with Crippen molar-refractivity contribution in [1.82, 2.24) is 10.6 Å². The van der Waals surface area contributed by atoms with E-state index < -0.39 is 0 Å². The molecular weight excluding hydrogens is 280 g/mol. The fourth-order valence-electron chi connectivity index (χ4n) is 2.47. The quantitative estimate of drug-likeness (QED) is 0.849. The van der Waals surface area contributed by atoms with Gasteiger partial charge < -0.3 is 20.1 Å². The maximum atomic E-state index is 11.9. The fourth-order valence-corrected chi connectivity index (χ4v) is 2.47. The second kappa shape index (κ2) is 8.03. The summed E-state index contributed by atoms with van der Waals surface area (Å²) in [4.78, 5) is 11.9. The summed E-state index contributed by atoms with van der Waals surface area (Å²) < 4.78 is 11.2. The molecule has 1 saturated heterocycles. The van der Waals surface area contributed by atoms with E-state index in [2.05, 4.69) is 10.6 Å². The Morgan fingerprint density at radius 3 is 2.91 bits per heavy atom. The minimum atomic E-state index is -0.168. The van der Waals surface area contributed by atoms with Crippen LogP contribution in [0.2, 0.25) is 0 Å². The Labute approximate surface area is 132 Å². The zero-order valence-corrected chi connectivity index (χ0v) is 13.6. The first-order chi connectivity index (χ1) is 10.5. The molecule has 2 rings (SSSR count). The number of ether oxygens (including phenoxy) is 2. The summed E-state index contributed by atoms with van der Waals surface area (Å²) >= 11 is 0. The Morgan fingerprint density at radius 1 is 1.41 bits per heavy atom. The lowest BCUT2D eigenvalue weighted by Gasteiger charge is -2.18. The molecule has 0 radical (unpaired) electrons. The predicted molar refractivity (Wildman–Crippen MR) is 86.1 cm³/mol. The number of rotatable bonds is 6. The van der Waals surface area contributed by atoms with Crippen molar-refractivity contribution in [3.63, 3.8) is 0 Å². The highest BCUT2D eigenvalue weighted by atomic mass is 16.5. The first-order valence-electron chi connectivity index (χ1n) is 7.97.